The monoisotopic (exact) mass is 283 g/mol. The van der Waals surface area contributed by atoms with Crippen molar-refractivity contribution in [1.29, 1.82) is 0 Å². The Bertz CT molecular complexity index is 515. The lowest BCUT2D eigenvalue weighted by Gasteiger charge is -2.06. The molecule has 8 heteroatoms. The minimum atomic E-state index is -3.83. The maximum Gasteiger partial charge on any atom is 0.411 e. The predicted molar refractivity (Wildman–Crippen MR) is 60.5 cm³/mol. The van der Waals surface area contributed by atoms with Gasteiger partial charge in [0.2, 0.25) is 0 Å². The Balaban J connectivity index is 3.06. The van der Waals surface area contributed by atoms with E-state index in [-0.39, 0.29) is 15.6 Å². The summed E-state index contributed by atoms with van der Waals surface area (Å²) in [5.74, 6) is 0. The molecule has 0 spiro atoms. The minimum Gasteiger partial charge on any atom is -0.453 e. The Morgan fingerprint density at radius 2 is 2.06 bits per heavy atom. The minimum absolute atomic E-state index is 0.0483. The zero-order valence-electron chi connectivity index (χ0n) is 8.03. The average molecular weight is 284 g/mol. The van der Waals surface area contributed by atoms with E-state index in [1.165, 1.54) is 19.2 Å². The van der Waals surface area contributed by atoms with E-state index in [1.807, 2.05) is 0 Å². The van der Waals surface area contributed by atoms with Crippen molar-refractivity contribution < 1.29 is 17.9 Å². The maximum atomic E-state index is 11.0. The Kier molecular flexibility index (Phi) is 4.01. The van der Waals surface area contributed by atoms with Crippen LogP contribution in [0, 0.1) is 0 Å². The number of ether oxygens (including phenoxy) is 1. The van der Waals surface area contributed by atoms with Gasteiger partial charge in [0.1, 0.15) is 0 Å². The third kappa shape index (κ3) is 3.26. The molecule has 0 heterocycles. The summed E-state index contributed by atoms with van der Waals surface area (Å²) in [5.41, 5.74) is 0.234. The molecule has 0 bridgehead atoms. The van der Waals surface area contributed by atoms with Crippen molar-refractivity contribution in [1.82, 2.24) is 0 Å². The van der Waals surface area contributed by atoms with Crippen LogP contribution < -0.4 is 5.32 Å². The lowest BCUT2D eigenvalue weighted by atomic mass is 10.3. The van der Waals surface area contributed by atoms with Gasteiger partial charge >= 0.3 is 6.09 Å². The smallest absolute Gasteiger partial charge is 0.411 e. The highest BCUT2D eigenvalue weighted by Gasteiger charge is 2.13. The average Bonchev–Trinajstić information content (AvgIpc) is 2.19. The summed E-state index contributed by atoms with van der Waals surface area (Å²) in [4.78, 5) is 10.7. The number of halogens is 2. The Morgan fingerprint density at radius 1 is 1.44 bits per heavy atom. The fraction of sp³-hybridized carbons (Fsp3) is 0.125. The molecular weight excluding hydrogens is 277 g/mol. The van der Waals surface area contributed by atoms with Crippen LogP contribution in [-0.2, 0) is 13.8 Å². The Labute approximate surface area is 102 Å². The van der Waals surface area contributed by atoms with Crippen LogP contribution in [0.2, 0.25) is 5.02 Å². The third-order valence-corrected chi connectivity index (χ3v) is 3.31. The van der Waals surface area contributed by atoms with E-state index in [0.29, 0.717) is 0 Å². The zero-order valence-corrected chi connectivity index (χ0v) is 10.4. The van der Waals surface area contributed by atoms with Crippen molar-refractivity contribution in [3.63, 3.8) is 0 Å². The molecule has 0 saturated heterocycles. The van der Waals surface area contributed by atoms with E-state index in [2.05, 4.69) is 10.1 Å². The van der Waals surface area contributed by atoms with E-state index < -0.39 is 15.1 Å². The molecule has 0 aromatic heterocycles. The topological polar surface area (TPSA) is 72.5 Å². The van der Waals surface area contributed by atoms with Crippen LogP contribution in [0.25, 0.3) is 0 Å². The molecular formula is C8H7Cl2NO4S. The van der Waals surface area contributed by atoms with Gasteiger partial charge in [0, 0.05) is 10.7 Å². The Hall–Kier alpha value is -0.980. The fourth-order valence-corrected chi connectivity index (χ4v) is 1.98. The normalized spacial score (nSPS) is 10.9. The molecule has 0 aliphatic rings. The highest BCUT2D eigenvalue weighted by atomic mass is 35.7. The number of hydrogen-bond donors (Lipinski definition) is 1. The van der Waals surface area contributed by atoms with E-state index >= 15 is 0 Å². The van der Waals surface area contributed by atoms with E-state index in [9.17, 15) is 13.2 Å². The van der Waals surface area contributed by atoms with Gasteiger partial charge in [-0.25, -0.2) is 13.2 Å². The second-order valence-corrected chi connectivity index (χ2v) is 5.67. The van der Waals surface area contributed by atoms with Gasteiger partial charge in [-0.1, -0.05) is 11.6 Å². The van der Waals surface area contributed by atoms with Gasteiger partial charge in [-0.15, -0.1) is 0 Å². The van der Waals surface area contributed by atoms with Crippen LogP contribution in [0.5, 0.6) is 0 Å². The van der Waals surface area contributed by atoms with Gasteiger partial charge in [0.05, 0.1) is 22.7 Å². The molecule has 1 N–H and O–H groups in total. The fourth-order valence-electron chi connectivity index (χ4n) is 0.910. The van der Waals surface area contributed by atoms with Gasteiger partial charge in [-0.05, 0) is 18.2 Å². The number of carbonyl (C=O) groups is 1. The standard InChI is InChI=1S/C8H7Cl2NO4S/c1-15-8(12)11-7-3-2-5(4-6(7)9)16(10,13)14/h2-4H,1H3,(H,11,12). The second kappa shape index (κ2) is 4.90. The van der Waals surface area contributed by atoms with Crippen LogP contribution in [0.3, 0.4) is 0 Å². The molecule has 88 valence electrons. The lowest BCUT2D eigenvalue weighted by Crippen LogP contribution is -2.11. The van der Waals surface area contributed by atoms with Crippen molar-refractivity contribution in [2.75, 3.05) is 12.4 Å². The zero-order chi connectivity index (χ0) is 12.3. The lowest BCUT2D eigenvalue weighted by molar-refractivity contribution is 0.187. The van der Waals surface area contributed by atoms with Gasteiger partial charge in [-0.2, -0.15) is 0 Å². The highest BCUT2D eigenvalue weighted by Crippen LogP contribution is 2.26. The van der Waals surface area contributed by atoms with Crippen LogP contribution >= 0.6 is 22.3 Å². The number of hydrogen-bond acceptors (Lipinski definition) is 4. The molecule has 1 aromatic rings. The molecule has 0 saturated carbocycles. The van der Waals surface area contributed by atoms with Crippen LogP contribution in [-0.4, -0.2) is 21.6 Å². The predicted octanol–water partition coefficient (Wildman–Crippen LogP) is 2.45. The number of carbonyl (C=O) groups excluding carboxylic acids is 1. The number of benzene rings is 1. The number of nitrogens with one attached hydrogen (secondary N) is 1. The quantitative estimate of drug-likeness (QED) is 0.846. The molecule has 0 fully saturated rings. The molecule has 0 aliphatic heterocycles. The van der Waals surface area contributed by atoms with Crippen LogP contribution in [0.4, 0.5) is 10.5 Å². The van der Waals surface area contributed by atoms with Crippen molar-refractivity contribution in [2.24, 2.45) is 0 Å². The first-order chi connectivity index (χ1) is 7.34. The first kappa shape index (κ1) is 13.1. The van der Waals surface area contributed by atoms with Crippen molar-refractivity contribution >= 4 is 43.1 Å². The summed E-state index contributed by atoms with van der Waals surface area (Å²) >= 11 is 5.74. The summed E-state index contributed by atoms with van der Waals surface area (Å²) in [7, 11) is 2.48. The molecule has 0 radical (unpaired) electrons. The van der Waals surface area contributed by atoms with Gasteiger partial charge in [-0.3, -0.25) is 5.32 Å². The maximum absolute atomic E-state index is 11.0. The van der Waals surface area contributed by atoms with Gasteiger partial charge < -0.3 is 4.74 Å². The molecule has 0 aliphatic carbocycles. The van der Waals surface area contributed by atoms with Gasteiger partial charge in [0.15, 0.2) is 0 Å². The van der Waals surface area contributed by atoms with Gasteiger partial charge in [0.25, 0.3) is 9.05 Å². The number of rotatable bonds is 2. The van der Waals surface area contributed by atoms with E-state index in [4.69, 9.17) is 22.3 Å². The van der Waals surface area contributed by atoms with Crippen LogP contribution in [0.15, 0.2) is 23.1 Å². The van der Waals surface area contributed by atoms with Crippen molar-refractivity contribution in [2.45, 2.75) is 4.90 Å². The van der Waals surface area contributed by atoms with E-state index in [0.717, 1.165) is 6.07 Å². The SMILES string of the molecule is COC(=O)Nc1ccc(S(=O)(=O)Cl)cc1Cl. The molecule has 1 rings (SSSR count). The largest absolute Gasteiger partial charge is 0.453 e. The van der Waals surface area contributed by atoms with E-state index in [1.54, 1.807) is 0 Å². The van der Waals surface area contributed by atoms with Crippen molar-refractivity contribution in [3.05, 3.63) is 23.2 Å². The molecule has 1 aromatic carbocycles. The summed E-state index contributed by atoms with van der Waals surface area (Å²) in [5, 5.41) is 2.36. The van der Waals surface area contributed by atoms with Crippen molar-refractivity contribution in [3.8, 4) is 0 Å². The molecule has 5 nitrogen and oxygen atoms in total. The first-order valence-corrected chi connectivity index (χ1v) is 6.62. The molecule has 16 heavy (non-hydrogen) atoms. The number of anilines is 1. The summed E-state index contributed by atoms with van der Waals surface area (Å²) in [6.45, 7) is 0. The first-order valence-electron chi connectivity index (χ1n) is 3.94. The number of methoxy groups -OCH3 is 1. The summed E-state index contributed by atoms with van der Waals surface area (Å²) in [6.07, 6.45) is -0.705. The summed E-state index contributed by atoms with van der Waals surface area (Å²) < 4.78 is 26.3. The summed E-state index contributed by atoms with van der Waals surface area (Å²) in [6, 6.07) is 3.67. The molecule has 0 atom stereocenters. The Morgan fingerprint density at radius 3 is 2.50 bits per heavy atom. The molecule has 0 unspecified atom stereocenters. The number of amides is 1. The highest BCUT2D eigenvalue weighted by molar-refractivity contribution is 8.13. The third-order valence-electron chi connectivity index (χ3n) is 1.64. The van der Waals surface area contributed by atoms with Crippen LogP contribution in [0.1, 0.15) is 0 Å². The molecule has 1 amide bonds. The second-order valence-electron chi connectivity index (χ2n) is 2.70.